The van der Waals surface area contributed by atoms with E-state index in [9.17, 15) is 0 Å². The van der Waals surface area contributed by atoms with E-state index in [0.29, 0.717) is 57.1 Å². The molecule has 3 heterocycles. The Morgan fingerprint density at radius 2 is 1.28 bits per heavy atom. The second-order valence-electron chi connectivity index (χ2n) is 8.96. The zero-order chi connectivity index (χ0) is 22.7. The van der Waals surface area contributed by atoms with Crippen LogP contribution in [-0.2, 0) is 13.1 Å². The van der Waals surface area contributed by atoms with Crippen molar-refractivity contribution in [3.05, 3.63) is 35.4 Å². The molecular weight excluding hydrogens is 406 g/mol. The number of nitrogens with two attached hydrogens (primary N) is 5. The van der Waals surface area contributed by atoms with Crippen LogP contribution in [0.25, 0.3) is 0 Å². The van der Waals surface area contributed by atoms with Crippen LogP contribution in [0.5, 0.6) is 0 Å². The minimum absolute atomic E-state index is 0.0220. The van der Waals surface area contributed by atoms with Crippen molar-refractivity contribution < 1.29 is 0 Å². The van der Waals surface area contributed by atoms with E-state index in [2.05, 4.69) is 21.4 Å². The average Bonchev–Trinajstić information content (AvgIpc) is 2.76. The van der Waals surface area contributed by atoms with Crippen LogP contribution in [0, 0.1) is 0 Å². The van der Waals surface area contributed by atoms with Crippen molar-refractivity contribution in [1.82, 2.24) is 15.0 Å². The molecule has 4 unspecified atom stereocenters. The third-order valence-electron chi connectivity index (χ3n) is 5.89. The summed E-state index contributed by atoms with van der Waals surface area (Å²) in [4.78, 5) is 18.2. The first kappa shape index (κ1) is 22.6. The SMILES string of the molecule is NCc1cccc(CNc2nc(N3CC(N)CC(N)C3)nc(N3CC(N)CC(N)C3)n2)c1. The Bertz CT molecular complexity index is 843. The van der Waals surface area contributed by atoms with Gasteiger partial charge in [0.05, 0.1) is 0 Å². The first-order valence-electron chi connectivity index (χ1n) is 11.2. The molecule has 0 radical (unpaired) electrons. The number of anilines is 3. The van der Waals surface area contributed by atoms with Crippen LogP contribution in [0.4, 0.5) is 17.8 Å². The van der Waals surface area contributed by atoms with Crippen LogP contribution in [0.1, 0.15) is 24.0 Å². The molecule has 1 aromatic carbocycles. The number of piperidine rings is 2. The molecule has 2 fully saturated rings. The Balaban J connectivity index is 1.60. The number of aromatic nitrogens is 3. The molecule has 0 saturated carbocycles. The highest BCUT2D eigenvalue weighted by Crippen LogP contribution is 2.22. The topological polar surface area (TPSA) is 187 Å². The van der Waals surface area contributed by atoms with Crippen molar-refractivity contribution in [2.45, 2.75) is 50.1 Å². The molecule has 2 aromatic rings. The largest absolute Gasteiger partial charge is 0.350 e. The molecule has 32 heavy (non-hydrogen) atoms. The van der Waals surface area contributed by atoms with Gasteiger partial charge >= 0.3 is 0 Å². The van der Waals surface area contributed by atoms with Gasteiger partial charge in [-0.05, 0) is 24.0 Å². The van der Waals surface area contributed by atoms with Crippen molar-refractivity contribution >= 4 is 17.8 Å². The average molecular weight is 442 g/mol. The molecule has 1 aromatic heterocycles. The van der Waals surface area contributed by atoms with Gasteiger partial charge in [-0.3, -0.25) is 0 Å². The molecule has 0 aliphatic carbocycles. The highest BCUT2D eigenvalue weighted by molar-refractivity contribution is 5.47. The monoisotopic (exact) mass is 441 g/mol. The van der Waals surface area contributed by atoms with Gasteiger partial charge in [0, 0.05) is 63.4 Å². The summed E-state index contributed by atoms with van der Waals surface area (Å²) in [5.74, 6) is 1.61. The predicted octanol–water partition coefficient (Wildman–Crippen LogP) is -1.33. The van der Waals surface area contributed by atoms with Crippen molar-refractivity contribution in [1.29, 1.82) is 0 Å². The Hall–Kier alpha value is -2.57. The van der Waals surface area contributed by atoms with Gasteiger partial charge in [0.2, 0.25) is 17.8 Å². The Labute approximate surface area is 188 Å². The van der Waals surface area contributed by atoms with Gasteiger partial charge in [-0.15, -0.1) is 0 Å². The summed E-state index contributed by atoms with van der Waals surface area (Å²) in [6.07, 6.45) is 1.57. The number of hydrogen-bond acceptors (Lipinski definition) is 11. The van der Waals surface area contributed by atoms with Gasteiger partial charge in [-0.1, -0.05) is 24.3 Å². The maximum atomic E-state index is 6.21. The molecule has 11 N–H and O–H groups in total. The van der Waals surface area contributed by atoms with Crippen molar-refractivity contribution in [2.24, 2.45) is 28.7 Å². The first-order chi connectivity index (χ1) is 15.4. The fourth-order valence-corrected chi connectivity index (χ4v) is 4.45. The minimum atomic E-state index is -0.0220. The molecule has 0 spiro atoms. The first-order valence-corrected chi connectivity index (χ1v) is 11.2. The van der Waals surface area contributed by atoms with E-state index in [1.54, 1.807) is 0 Å². The second-order valence-corrected chi connectivity index (χ2v) is 8.96. The summed E-state index contributed by atoms with van der Waals surface area (Å²) in [5.41, 5.74) is 32.8. The Morgan fingerprint density at radius 3 is 1.78 bits per heavy atom. The minimum Gasteiger partial charge on any atom is -0.350 e. The van der Waals surface area contributed by atoms with Crippen molar-refractivity contribution in [2.75, 3.05) is 41.3 Å². The lowest BCUT2D eigenvalue weighted by Gasteiger charge is -2.37. The Morgan fingerprint density at radius 1 is 0.781 bits per heavy atom. The van der Waals surface area contributed by atoms with Crippen molar-refractivity contribution in [3.63, 3.8) is 0 Å². The van der Waals surface area contributed by atoms with Crippen LogP contribution in [0.15, 0.2) is 24.3 Å². The molecule has 2 aliphatic heterocycles. The van der Waals surface area contributed by atoms with Crippen molar-refractivity contribution in [3.8, 4) is 0 Å². The maximum absolute atomic E-state index is 6.21. The number of rotatable bonds is 6. The molecule has 0 bridgehead atoms. The molecule has 2 saturated heterocycles. The third-order valence-corrected chi connectivity index (χ3v) is 5.89. The van der Waals surface area contributed by atoms with Gasteiger partial charge in [0.1, 0.15) is 0 Å². The zero-order valence-corrected chi connectivity index (χ0v) is 18.4. The van der Waals surface area contributed by atoms with E-state index in [1.807, 2.05) is 28.0 Å². The van der Waals surface area contributed by atoms with Crippen LogP contribution in [0.3, 0.4) is 0 Å². The predicted molar refractivity (Wildman–Crippen MR) is 127 cm³/mol. The lowest BCUT2D eigenvalue weighted by Crippen LogP contribution is -2.54. The molecule has 4 rings (SSSR count). The van der Waals surface area contributed by atoms with E-state index in [-0.39, 0.29) is 24.2 Å². The number of hydrogen-bond donors (Lipinski definition) is 6. The van der Waals surface area contributed by atoms with E-state index in [0.717, 1.165) is 24.0 Å². The van der Waals surface area contributed by atoms with Crippen LogP contribution >= 0.6 is 0 Å². The van der Waals surface area contributed by atoms with E-state index < -0.39 is 0 Å². The molecule has 174 valence electrons. The highest BCUT2D eigenvalue weighted by Gasteiger charge is 2.28. The maximum Gasteiger partial charge on any atom is 0.232 e. The molecule has 11 heteroatoms. The number of nitrogens with one attached hydrogen (secondary N) is 1. The van der Waals surface area contributed by atoms with Gasteiger partial charge in [0.15, 0.2) is 0 Å². The standard InChI is InChI=1S/C21H35N11/c22-7-13-2-1-3-14(4-13)8-27-19-28-20(31-9-15(23)5-16(24)10-31)30-21(29-19)32-11-17(25)6-18(26)12-32/h1-4,15-18H,5-12,22-26H2,(H,27,28,29,30). The number of nitrogens with zero attached hydrogens (tertiary/aromatic N) is 5. The molecule has 0 amide bonds. The van der Waals surface area contributed by atoms with Gasteiger partial charge in [-0.25, -0.2) is 0 Å². The number of benzene rings is 1. The summed E-state index contributed by atoms with van der Waals surface area (Å²) < 4.78 is 0. The summed E-state index contributed by atoms with van der Waals surface area (Å²) in [5, 5.41) is 3.33. The molecule has 11 nitrogen and oxygen atoms in total. The fraction of sp³-hybridized carbons (Fsp3) is 0.571. The summed E-state index contributed by atoms with van der Waals surface area (Å²) in [6.45, 7) is 3.65. The summed E-state index contributed by atoms with van der Waals surface area (Å²) in [6, 6.07) is 8.03. The molecule has 2 aliphatic rings. The van der Waals surface area contributed by atoms with Crippen LogP contribution in [0.2, 0.25) is 0 Å². The molecule has 4 atom stereocenters. The quantitative estimate of drug-likeness (QED) is 0.312. The highest BCUT2D eigenvalue weighted by atomic mass is 15.4. The van der Waals surface area contributed by atoms with E-state index in [4.69, 9.17) is 33.7 Å². The lowest BCUT2D eigenvalue weighted by atomic mass is 10.0. The third kappa shape index (κ3) is 5.61. The second kappa shape index (κ2) is 9.92. The Kier molecular flexibility index (Phi) is 7.01. The van der Waals surface area contributed by atoms with Crippen LogP contribution < -0.4 is 43.8 Å². The summed E-state index contributed by atoms with van der Waals surface area (Å²) in [7, 11) is 0. The van der Waals surface area contributed by atoms with E-state index >= 15 is 0 Å². The van der Waals surface area contributed by atoms with E-state index in [1.165, 1.54) is 0 Å². The molecular formula is C21H35N11. The van der Waals surface area contributed by atoms with Gasteiger partial charge in [0.25, 0.3) is 0 Å². The summed E-state index contributed by atoms with van der Waals surface area (Å²) >= 11 is 0. The lowest BCUT2D eigenvalue weighted by molar-refractivity contribution is 0.441. The fourth-order valence-electron chi connectivity index (χ4n) is 4.45. The van der Waals surface area contributed by atoms with Gasteiger partial charge in [-0.2, -0.15) is 15.0 Å². The zero-order valence-electron chi connectivity index (χ0n) is 18.4. The normalized spacial score (nSPS) is 26.3. The smallest absolute Gasteiger partial charge is 0.232 e. The van der Waals surface area contributed by atoms with Crippen LogP contribution in [-0.4, -0.2) is 65.3 Å². The van der Waals surface area contributed by atoms with Gasteiger partial charge < -0.3 is 43.8 Å².